The first-order valence-corrected chi connectivity index (χ1v) is 6.04. The molecule has 0 aromatic heterocycles. The number of rotatable bonds is 2. The first-order valence-electron chi connectivity index (χ1n) is 5.66. The Morgan fingerprint density at radius 3 is 3.06 bits per heavy atom. The van der Waals surface area contributed by atoms with E-state index in [1.165, 1.54) is 12.1 Å². The molecule has 0 spiro atoms. The Morgan fingerprint density at radius 2 is 2.39 bits per heavy atom. The highest BCUT2D eigenvalue weighted by atomic mass is 35.5. The Labute approximate surface area is 109 Å². The minimum Gasteiger partial charge on any atom is -0.370 e. The third-order valence-corrected chi connectivity index (χ3v) is 3.20. The van der Waals surface area contributed by atoms with Gasteiger partial charge in [0.15, 0.2) is 0 Å². The van der Waals surface area contributed by atoms with Crippen LogP contribution in [0.5, 0.6) is 0 Å². The first kappa shape index (κ1) is 13.3. The smallest absolute Gasteiger partial charge is 0.236 e. The summed E-state index contributed by atoms with van der Waals surface area (Å²) in [7, 11) is 0. The van der Waals surface area contributed by atoms with Gasteiger partial charge in [-0.3, -0.25) is 4.79 Å². The van der Waals surface area contributed by atoms with E-state index >= 15 is 0 Å². The van der Waals surface area contributed by atoms with Gasteiger partial charge in [-0.05, 0) is 17.7 Å². The normalized spacial score (nSPS) is 19.9. The zero-order valence-electron chi connectivity index (χ0n) is 9.73. The van der Waals surface area contributed by atoms with Crippen LogP contribution in [0.3, 0.4) is 0 Å². The van der Waals surface area contributed by atoms with E-state index in [0.29, 0.717) is 19.7 Å². The van der Waals surface area contributed by atoms with Gasteiger partial charge in [-0.15, -0.1) is 0 Å². The van der Waals surface area contributed by atoms with Crippen molar-refractivity contribution in [1.82, 2.24) is 4.90 Å². The SMILES string of the molecule is NCC(=O)N1CCOC(c2ccc(F)c(Cl)c2)C1. The van der Waals surface area contributed by atoms with Gasteiger partial charge in [0.05, 0.1) is 24.7 Å². The predicted molar refractivity (Wildman–Crippen MR) is 65.7 cm³/mol. The lowest BCUT2D eigenvalue weighted by atomic mass is 10.1. The van der Waals surface area contributed by atoms with Gasteiger partial charge in [0.1, 0.15) is 11.9 Å². The molecule has 1 unspecified atom stereocenters. The Hall–Kier alpha value is -1.17. The maximum absolute atomic E-state index is 13.1. The van der Waals surface area contributed by atoms with E-state index < -0.39 is 5.82 Å². The van der Waals surface area contributed by atoms with Crippen LogP contribution >= 0.6 is 11.6 Å². The minimum atomic E-state index is -0.467. The lowest BCUT2D eigenvalue weighted by Gasteiger charge is -2.33. The molecule has 1 fully saturated rings. The van der Waals surface area contributed by atoms with Crippen molar-refractivity contribution in [2.45, 2.75) is 6.10 Å². The number of carbonyl (C=O) groups excluding carboxylic acids is 1. The molecule has 1 amide bonds. The van der Waals surface area contributed by atoms with Gasteiger partial charge in [0.25, 0.3) is 0 Å². The third-order valence-electron chi connectivity index (χ3n) is 2.91. The van der Waals surface area contributed by atoms with Crippen LogP contribution in [0.2, 0.25) is 5.02 Å². The fourth-order valence-corrected chi connectivity index (χ4v) is 2.11. The number of hydrogen-bond donors (Lipinski definition) is 1. The zero-order valence-corrected chi connectivity index (χ0v) is 10.5. The van der Waals surface area contributed by atoms with E-state index in [4.69, 9.17) is 22.1 Å². The van der Waals surface area contributed by atoms with Crippen molar-refractivity contribution < 1.29 is 13.9 Å². The Kier molecular flexibility index (Phi) is 4.16. The van der Waals surface area contributed by atoms with E-state index in [2.05, 4.69) is 0 Å². The van der Waals surface area contributed by atoms with Crippen LogP contribution < -0.4 is 5.73 Å². The van der Waals surface area contributed by atoms with Crippen molar-refractivity contribution in [2.24, 2.45) is 5.73 Å². The number of hydrogen-bond acceptors (Lipinski definition) is 3. The van der Waals surface area contributed by atoms with Gasteiger partial charge in [-0.1, -0.05) is 17.7 Å². The summed E-state index contributed by atoms with van der Waals surface area (Å²) in [4.78, 5) is 13.2. The van der Waals surface area contributed by atoms with Crippen molar-refractivity contribution in [3.8, 4) is 0 Å². The monoisotopic (exact) mass is 272 g/mol. The Bertz CT molecular complexity index is 456. The van der Waals surface area contributed by atoms with Crippen LogP contribution in [0, 0.1) is 5.82 Å². The van der Waals surface area contributed by atoms with E-state index in [1.807, 2.05) is 0 Å². The van der Waals surface area contributed by atoms with Gasteiger partial charge >= 0.3 is 0 Å². The lowest BCUT2D eigenvalue weighted by Crippen LogP contribution is -2.44. The van der Waals surface area contributed by atoms with E-state index in [0.717, 1.165) is 5.56 Å². The molecule has 1 aliphatic rings. The largest absolute Gasteiger partial charge is 0.370 e. The Morgan fingerprint density at radius 1 is 1.61 bits per heavy atom. The molecule has 6 heteroatoms. The number of amides is 1. The highest BCUT2D eigenvalue weighted by molar-refractivity contribution is 6.30. The molecule has 4 nitrogen and oxygen atoms in total. The molecule has 2 rings (SSSR count). The molecule has 1 heterocycles. The number of nitrogens with zero attached hydrogens (tertiary/aromatic N) is 1. The maximum Gasteiger partial charge on any atom is 0.236 e. The Balaban J connectivity index is 2.13. The summed E-state index contributed by atoms with van der Waals surface area (Å²) >= 11 is 5.73. The summed E-state index contributed by atoms with van der Waals surface area (Å²) < 4.78 is 18.6. The third kappa shape index (κ3) is 2.80. The highest BCUT2D eigenvalue weighted by Crippen LogP contribution is 2.26. The molecule has 1 atom stereocenters. The molecule has 1 saturated heterocycles. The second-order valence-electron chi connectivity index (χ2n) is 4.08. The predicted octanol–water partition coefficient (Wildman–Crippen LogP) is 1.34. The van der Waals surface area contributed by atoms with Gasteiger partial charge < -0.3 is 15.4 Å². The van der Waals surface area contributed by atoms with Crippen LogP contribution in [-0.4, -0.2) is 37.0 Å². The molecule has 1 aliphatic heterocycles. The average Bonchev–Trinajstić information content (AvgIpc) is 2.41. The quantitative estimate of drug-likeness (QED) is 0.884. The number of halogens is 2. The number of ether oxygens (including phenoxy) is 1. The van der Waals surface area contributed by atoms with Gasteiger partial charge in [0, 0.05) is 6.54 Å². The summed E-state index contributed by atoms with van der Waals surface area (Å²) in [6.45, 7) is 1.36. The number of nitrogens with two attached hydrogens (primary N) is 1. The number of morpholine rings is 1. The second-order valence-corrected chi connectivity index (χ2v) is 4.48. The fourth-order valence-electron chi connectivity index (χ4n) is 1.92. The molecular weight excluding hydrogens is 259 g/mol. The maximum atomic E-state index is 13.1. The van der Waals surface area contributed by atoms with Crippen molar-refractivity contribution in [3.05, 3.63) is 34.6 Å². The molecule has 18 heavy (non-hydrogen) atoms. The van der Waals surface area contributed by atoms with Crippen LogP contribution in [0.4, 0.5) is 4.39 Å². The van der Waals surface area contributed by atoms with Gasteiger partial charge in [0.2, 0.25) is 5.91 Å². The molecule has 1 aromatic rings. The topological polar surface area (TPSA) is 55.6 Å². The molecule has 0 bridgehead atoms. The fraction of sp³-hybridized carbons (Fsp3) is 0.417. The van der Waals surface area contributed by atoms with Gasteiger partial charge in [-0.25, -0.2) is 4.39 Å². The first-order chi connectivity index (χ1) is 8.61. The summed E-state index contributed by atoms with van der Waals surface area (Å²) in [5.41, 5.74) is 6.09. The van der Waals surface area contributed by atoms with Gasteiger partial charge in [-0.2, -0.15) is 0 Å². The minimum absolute atomic E-state index is 0.0170. The summed E-state index contributed by atoms with van der Waals surface area (Å²) in [5.74, 6) is -0.581. The van der Waals surface area contributed by atoms with E-state index in [9.17, 15) is 9.18 Å². The summed E-state index contributed by atoms with van der Waals surface area (Å²) in [5, 5.41) is 0.0541. The number of benzene rings is 1. The number of carbonyl (C=O) groups is 1. The van der Waals surface area contributed by atoms with E-state index in [1.54, 1.807) is 11.0 Å². The highest BCUT2D eigenvalue weighted by Gasteiger charge is 2.25. The molecule has 0 radical (unpaired) electrons. The molecular formula is C12H14ClFN2O2. The zero-order chi connectivity index (χ0) is 13.1. The van der Waals surface area contributed by atoms with E-state index in [-0.39, 0.29) is 23.6 Å². The van der Waals surface area contributed by atoms with Crippen molar-refractivity contribution in [2.75, 3.05) is 26.2 Å². The average molecular weight is 273 g/mol. The summed E-state index contributed by atoms with van der Waals surface area (Å²) in [6, 6.07) is 4.44. The second kappa shape index (κ2) is 5.65. The lowest BCUT2D eigenvalue weighted by molar-refractivity contribution is -0.137. The summed E-state index contributed by atoms with van der Waals surface area (Å²) in [6.07, 6.45) is -0.285. The van der Waals surface area contributed by atoms with Crippen LogP contribution in [-0.2, 0) is 9.53 Å². The molecule has 1 aromatic carbocycles. The molecule has 0 saturated carbocycles. The molecule has 2 N–H and O–H groups in total. The molecule has 98 valence electrons. The van der Waals surface area contributed by atoms with Crippen molar-refractivity contribution in [1.29, 1.82) is 0 Å². The van der Waals surface area contributed by atoms with Crippen molar-refractivity contribution in [3.63, 3.8) is 0 Å². The van der Waals surface area contributed by atoms with Crippen molar-refractivity contribution >= 4 is 17.5 Å². The standard InChI is InChI=1S/C12H14ClFN2O2/c13-9-5-8(1-2-10(9)14)11-7-16(3-4-18-11)12(17)6-15/h1-2,5,11H,3-4,6-7,15H2. The molecule has 0 aliphatic carbocycles. The van der Waals surface area contributed by atoms with Crippen LogP contribution in [0.25, 0.3) is 0 Å². The van der Waals surface area contributed by atoms with Crippen LogP contribution in [0.15, 0.2) is 18.2 Å². The van der Waals surface area contributed by atoms with Crippen LogP contribution in [0.1, 0.15) is 11.7 Å².